The highest BCUT2D eigenvalue weighted by atomic mass is 16.5. The molecule has 8 heteroatoms. The Morgan fingerprint density at radius 2 is 1.47 bits per heavy atom. The minimum atomic E-state index is -1.17. The second-order valence-corrected chi connectivity index (χ2v) is 20.5. The average molecular weight is 729 g/mol. The van der Waals surface area contributed by atoms with Crippen LogP contribution in [0.5, 0.6) is 0 Å². The minimum absolute atomic E-state index is 0.0345. The maximum Gasteiger partial charge on any atom is 0.316 e. The molecule has 1 aromatic carbocycles. The van der Waals surface area contributed by atoms with Crippen LogP contribution in [0.1, 0.15) is 145 Å². The molecule has 3 N–H and O–H groups in total. The monoisotopic (exact) mass is 728 g/mol. The van der Waals surface area contributed by atoms with Gasteiger partial charge in [-0.25, -0.2) is 4.79 Å². The molecule has 0 heterocycles. The number of carbonyl (C=O) groups is 4. The first kappa shape index (κ1) is 38.1. The van der Waals surface area contributed by atoms with Gasteiger partial charge in [0, 0.05) is 11.8 Å². The fourth-order valence-corrected chi connectivity index (χ4v) is 13.4. The number of allylic oxidation sites excluding steroid dienone is 1. The SMILES string of the molecule is CC(C)C1=C2[C@H]3CC[C@@H]4[C@@]5(C)CC[C@H](OC(=O)CC(C)(C)C(=O)O)C(C)(C)[C@@H]5CC[C@@]4(C)[C@]3(C)CC[C@@]2(NC(=O)NC2(c3ccccc3)CC2)CC1=O. The Labute approximate surface area is 317 Å². The number of ether oxygens (including phenoxy) is 1. The van der Waals surface area contributed by atoms with E-state index in [0.29, 0.717) is 18.3 Å². The standard InChI is InChI=1S/C45H64N2O6/c1-27(2)35-30(48)25-45(47-38(52)46-44(23-24-44)28-13-11-10-12-14-28)22-21-42(8)29(36(35)45)15-16-32-41(7)19-18-33(53-34(49)26-39(3,4)37(50)51)40(5,6)31(41)17-20-43(32,42)9/h10-14,27,29,31-33H,15-26H2,1-9H3,(H,50,51)(H2,46,47,52)/t29-,31+,32-,33+,41+,42-,43-,45-/m1/s1. The molecule has 6 aliphatic carbocycles. The van der Waals surface area contributed by atoms with Crippen LogP contribution in [0, 0.1) is 50.7 Å². The molecule has 290 valence electrons. The molecule has 5 fully saturated rings. The summed E-state index contributed by atoms with van der Waals surface area (Å²) < 4.78 is 6.17. The Kier molecular flexibility index (Phi) is 8.94. The van der Waals surface area contributed by atoms with E-state index in [1.165, 1.54) is 5.57 Å². The Balaban J connectivity index is 1.15. The highest BCUT2D eigenvalue weighted by Gasteiger charge is 2.70. The number of carboxylic acids is 1. The Morgan fingerprint density at radius 3 is 2.09 bits per heavy atom. The van der Waals surface area contributed by atoms with Gasteiger partial charge in [0.05, 0.1) is 22.9 Å². The van der Waals surface area contributed by atoms with Gasteiger partial charge in [-0.15, -0.1) is 0 Å². The van der Waals surface area contributed by atoms with E-state index in [1.54, 1.807) is 13.8 Å². The number of hydrogen-bond donors (Lipinski definition) is 3. The molecule has 0 saturated heterocycles. The zero-order chi connectivity index (χ0) is 38.6. The summed E-state index contributed by atoms with van der Waals surface area (Å²) in [5.74, 6) is -0.0772. The van der Waals surface area contributed by atoms with E-state index < -0.39 is 22.9 Å². The van der Waals surface area contributed by atoms with Crippen LogP contribution < -0.4 is 10.6 Å². The summed E-state index contributed by atoms with van der Waals surface area (Å²) >= 11 is 0. The van der Waals surface area contributed by atoms with Crippen molar-refractivity contribution in [3.63, 3.8) is 0 Å². The molecule has 0 unspecified atom stereocenters. The predicted octanol–water partition coefficient (Wildman–Crippen LogP) is 9.12. The van der Waals surface area contributed by atoms with Crippen molar-refractivity contribution >= 4 is 23.8 Å². The van der Waals surface area contributed by atoms with Gasteiger partial charge in [-0.3, -0.25) is 14.4 Å². The molecule has 8 atom stereocenters. The molecule has 0 aromatic heterocycles. The number of Topliss-reactive ketones (excluding diaryl/α,β-unsaturated/α-hetero) is 1. The molecule has 0 bridgehead atoms. The molecule has 8 nitrogen and oxygen atoms in total. The van der Waals surface area contributed by atoms with Crippen LogP contribution in [0.15, 0.2) is 41.5 Å². The Morgan fingerprint density at radius 1 is 0.830 bits per heavy atom. The first-order valence-corrected chi connectivity index (χ1v) is 20.5. The summed E-state index contributed by atoms with van der Waals surface area (Å²) in [5.41, 5.74) is 0.973. The number of nitrogens with one attached hydrogen (secondary N) is 2. The summed E-state index contributed by atoms with van der Waals surface area (Å²) in [6.07, 6.45) is 9.44. The third-order valence-corrected chi connectivity index (χ3v) is 16.6. The fourth-order valence-electron chi connectivity index (χ4n) is 13.4. The number of hydrogen-bond acceptors (Lipinski definition) is 5. The molecule has 0 spiro atoms. The van der Waals surface area contributed by atoms with Crippen LogP contribution in [0.4, 0.5) is 4.79 Å². The molecule has 2 amide bonds. The molecule has 7 rings (SSSR count). The van der Waals surface area contributed by atoms with Gasteiger partial charge in [0.25, 0.3) is 0 Å². The lowest BCUT2D eigenvalue weighted by Crippen LogP contribution is -2.67. The highest BCUT2D eigenvalue weighted by Crippen LogP contribution is 2.76. The topological polar surface area (TPSA) is 122 Å². The second-order valence-electron chi connectivity index (χ2n) is 20.5. The molecular weight excluding hydrogens is 665 g/mol. The summed E-state index contributed by atoms with van der Waals surface area (Å²) in [6.45, 7) is 19.6. The minimum Gasteiger partial charge on any atom is -0.481 e. The lowest BCUT2D eigenvalue weighted by Gasteiger charge is -2.72. The number of ketones is 1. The number of carbonyl (C=O) groups excluding carboxylic acids is 3. The van der Waals surface area contributed by atoms with Gasteiger partial charge in [0.15, 0.2) is 5.78 Å². The van der Waals surface area contributed by atoms with Gasteiger partial charge in [-0.1, -0.05) is 78.8 Å². The van der Waals surface area contributed by atoms with Crippen molar-refractivity contribution in [2.75, 3.05) is 0 Å². The van der Waals surface area contributed by atoms with Crippen LogP contribution in [0.25, 0.3) is 0 Å². The van der Waals surface area contributed by atoms with Crippen LogP contribution >= 0.6 is 0 Å². The predicted molar refractivity (Wildman–Crippen MR) is 205 cm³/mol. The lowest BCUT2D eigenvalue weighted by atomic mass is 9.33. The highest BCUT2D eigenvalue weighted by molar-refractivity contribution is 6.02. The first-order chi connectivity index (χ1) is 24.7. The third-order valence-electron chi connectivity index (χ3n) is 16.6. The number of esters is 1. The van der Waals surface area contributed by atoms with Crippen molar-refractivity contribution in [1.82, 2.24) is 10.6 Å². The molecular formula is C45H64N2O6. The maximum atomic E-state index is 14.1. The number of carboxylic acid groups (broad SMARTS) is 1. The molecule has 53 heavy (non-hydrogen) atoms. The largest absolute Gasteiger partial charge is 0.481 e. The normalized spacial score (nSPS) is 38.2. The van der Waals surface area contributed by atoms with Gasteiger partial charge in [-0.05, 0) is 135 Å². The van der Waals surface area contributed by atoms with Crippen LogP contribution in [0.2, 0.25) is 0 Å². The Hall–Kier alpha value is -3.16. The van der Waals surface area contributed by atoms with Crippen molar-refractivity contribution in [2.24, 2.45) is 50.7 Å². The molecule has 1 aromatic rings. The lowest BCUT2D eigenvalue weighted by molar-refractivity contribution is -0.232. The van der Waals surface area contributed by atoms with E-state index in [-0.39, 0.29) is 63.4 Å². The van der Waals surface area contributed by atoms with Crippen LogP contribution in [0.3, 0.4) is 0 Å². The molecule has 6 aliphatic rings. The van der Waals surface area contributed by atoms with E-state index in [1.807, 2.05) is 18.2 Å². The van der Waals surface area contributed by atoms with Crippen molar-refractivity contribution < 1.29 is 29.0 Å². The van der Waals surface area contributed by atoms with Gasteiger partial charge >= 0.3 is 18.0 Å². The number of fused-ring (bicyclic) bond motifs is 7. The summed E-state index contributed by atoms with van der Waals surface area (Å²) in [7, 11) is 0. The van der Waals surface area contributed by atoms with Gasteiger partial charge in [-0.2, -0.15) is 0 Å². The molecule has 5 saturated carbocycles. The van der Waals surface area contributed by atoms with Crippen molar-refractivity contribution in [1.29, 1.82) is 0 Å². The summed E-state index contributed by atoms with van der Waals surface area (Å²) in [4.78, 5) is 52.9. The van der Waals surface area contributed by atoms with Crippen LogP contribution in [-0.2, 0) is 24.7 Å². The molecule has 0 aliphatic heterocycles. The van der Waals surface area contributed by atoms with Crippen LogP contribution in [-0.4, -0.2) is 40.5 Å². The fraction of sp³-hybridized carbons (Fsp3) is 0.733. The first-order valence-electron chi connectivity index (χ1n) is 20.5. The van der Waals surface area contributed by atoms with E-state index in [2.05, 4.69) is 71.2 Å². The van der Waals surface area contributed by atoms with Crippen molar-refractivity contribution in [2.45, 2.75) is 157 Å². The quantitative estimate of drug-likeness (QED) is 0.230. The van der Waals surface area contributed by atoms with E-state index in [4.69, 9.17) is 4.74 Å². The van der Waals surface area contributed by atoms with Gasteiger partial charge in [0.2, 0.25) is 0 Å². The number of aliphatic carboxylic acids is 1. The summed E-state index contributed by atoms with van der Waals surface area (Å²) in [5, 5.41) is 16.5. The average Bonchev–Trinajstić information content (AvgIpc) is 3.78. The van der Waals surface area contributed by atoms with E-state index >= 15 is 0 Å². The van der Waals surface area contributed by atoms with Crippen molar-refractivity contribution in [3.8, 4) is 0 Å². The van der Waals surface area contributed by atoms with E-state index in [0.717, 1.165) is 75.3 Å². The van der Waals surface area contributed by atoms with Crippen molar-refractivity contribution in [3.05, 3.63) is 47.0 Å². The molecule has 0 radical (unpaired) electrons. The number of benzene rings is 1. The zero-order valence-electron chi connectivity index (χ0n) is 33.7. The third kappa shape index (κ3) is 5.72. The number of urea groups is 1. The van der Waals surface area contributed by atoms with Gasteiger partial charge < -0.3 is 20.5 Å². The van der Waals surface area contributed by atoms with Gasteiger partial charge in [0.1, 0.15) is 6.10 Å². The summed E-state index contributed by atoms with van der Waals surface area (Å²) in [6, 6.07) is 10.1. The smallest absolute Gasteiger partial charge is 0.316 e. The number of rotatable bonds is 8. The maximum absolute atomic E-state index is 14.1. The zero-order valence-corrected chi connectivity index (χ0v) is 33.7. The second kappa shape index (κ2) is 12.4. The Bertz CT molecular complexity index is 1720. The van der Waals surface area contributed by atoms with E-state index in [9.17, 15) is 24.3 Å². The number of amides is 2.